The number of aliphatic imine (C=N–C) groups is 1. The number of nitrogens with one attached hydrogen (secondary N) is 2. The van der Waals surface area contributed by atoms with Crippen LogP contribution >= 0.6 is 0 Å². The molecule has 0 spiro atoms. The molecule has 0 amide bonds. The van der Waals surface area contributed by atoms with E-state index >= 15 is 0 Å². The normalized spacial score (nSPS) is 12.2. The fourth-order valence-corrected chi connectivity index (χ4v) is 2.75. The van der Waals surface area contributed by atoms with Gasteiger partial charge in [0.25, 0.3) is 0 Å². The molecule has 166 valence electrons. The fourth-order valence-electron chi connectivity index (χ4n) is 2.75. The topological polar surface area (TPSA) is 85.6 Å². The molecule has 0 aliphatic rings. The number of hydrogen-bond donors (Lipinski definition) is 2. The predicted octanol–water partition coefficient (Wildman–Crippen LogP) is 2.88. The third-order valence-corrected chi connectivity index (χ3v) is 4.46. The Morgan fingerprint density at radius 3 is 2.57 bits per heavy atom. The highest BCUT2D eigenvalue weighted by molar-refractivity contribution is 5.79. The van der Waals surface area contributed by atoms with Gasteiger partial charge >= 0.3 is 0 Å². The lowest BCUT2D eigenvalue weighted by atomic mass is 10.1. The van der Waals surface area contributed by atoms with Crippen LogP contribution in [0.3, 0.4) is 0 Å². The standard InChI is InChI=1S/C22H36N6O2/c1-16-9-10-18(19(13-16)30-22(3,4)5)14-24-21(23-11-8-12-29-7)25-15-20-27-26-17(2)28(20)6/h9-10,13H,8,11-12,14-15H2,1-7H3,(H2,23,24,25). The Balaban J connectivity index is 2.13. The van der Waals surface area contributed by atoms with Crippen LogP contribution in [0.25, 0.3) is 0 Å². The number of benzene rings is 1. The van der Waals surface area contributed by atoms with Crippen LogP contribution < -0.4 is 15.4 Å². The van der Waals surface area contributed by atoms with Gasteiger partial charge in [0, 0.05) is 32.9 Å². The van der Waals surface area contributed by atoms with Crippen LogP contribution in [0.5, 0.6) is 5.75 Å². The Labute approximate surface area is 180 Å². The minimum atomic E-state index is -0.269. The largest absolute Gasteiger partial charge is 0.488 e. The van der Waals surface area contributed by atoms with E-state index in [4.69, 9.17) is 14.5 Å². The van der Waals surface area contributed by atoms with E-state index in [2.05, 4.69) is 66.7 Å². The Kier molecular flexibility index (Phi) is 8.65. The van der Waals surface area contributed by atoms with Gasteiger partial charge in [-0.2, -0.15) is 0 Å². The lowest BCUT2D eigenvalue weighted by Crippen LogP contribution is -2.38. The van der Waals surface area contributed by atoms with Crippen molar-refractivity contribution in [2.45, 2.75) is 59.7 Å². The van der Waals surface area contributed by atoms with Crippen molar-refractivity contribution >= 4 is 5.96 Å². The Bertz CT molecular complexity index is 839. The molecule has 0 fully saturated rings. The summed E-state index contributed by atoms with van der Waals surface area (Å²) in [7, 11) is 3.66. The molecular weight excluding hydrogens is 380 g/mol. The van der Waals surface area contributed by atoms with Crippen LogP contribution in [0.1, 0.15) is 50.0 Å². The number of aromatic nitrogens is 3. The zero-order valence-electron chi connectivity index (χ0n) is 19.4. The van der Waals surface area contributed by atoms with Gasteiger partial charge in [0.1, 0.15) is 17.2 Å². The number of guanidine groups is 1. The zero-order valence-corrected chi connectivity index (χ0v) is 19.4. The average Bonchev–Trinajstić information content (AvgIpc) is 2.98. The predicted molar refractivity (Wildman–Crippen MR) is 120 cm³/mol. The number of methoxy groups -OCH3 is 1. The monoisotopic (exact) mass is 416 g/mol. The highest BCUT2D eigenvalue weighted by Crippen LogP contribution is 2.25. The zero-order chi connectivity index (χ0) is 22.1. The van der Waals surface area contributed by atoms with Gasteiger partial charge in [-0.05, 0) is 52.7 Å². The molecular formula is C22H36N6O2. The molecule has 0 unspecified atom stereocenters. The molecule has 0 saturated carbocycles. The number of hydrogen-bond acceptors (Lipinski definition) is 5. The van der Waals surface area contributed by atoms with Gasteiger partial charge in [-0.1, -0.05) is 12.1 Å². The van der Waals surface area contributed by atoms with Crippen molar-refractivity contribution in [1.29, 1.82) is 0 Å². The molecule has 2 N–H and O–H groups in total. The van der Waals surface area contributed by atoms with Crippen molar-refractivity contribution < 1.29 is 9.47 Å². The summed E-state index contributed by atoms with van der Waals surface area (Å²) in [5, 5.41) is 15.0. The van der Waals surface area contributed by atoms with Crippen molar-refractivity contribution in [3.05, 3.63) is 41.0 Å². The van der Waals surface area contributed by atoms with E-state index in [0.717, 1.165) is 41.5 Å². The summed E-state index contributed by atoms with van der Waals surface area (Å²) in [6, 6.07) is 6.23. The molecule has 0 saturated heterocycles. The van der Waals surface area contributed by atoms with Crippen LogP contribution in [0.15, 0.2) is 23.2 Å². The maximum absolute atomic E-state index is 6.16. The van der Waals surface area contributed by atoms with E-state index in [1.54, 1.807) is 7.11 Å². The molecule has 8 nitrogen and oxygen atoms in total. The first-order valence-corrected chi connectivity index (χ1v) is 10.3. The summed E-state index contributed by atoms with van der Waals surface area (Å²) in [4.78, 5) is 4.78. The van der Waals surface area contributed by atoms with Gasteiger partial charge in [-0.25, -0.2) is 4.99 Å². The minimum Gasteiger partial charge on any atom is -0.488 e. The van der Waals surface area contributed by atoms with Crippen LogP contribution in [0, 0.1) is 13.8 Å². The SMILES string of the molecule is COCCCNC(=NCc1ccc(C)cc1OC(C)(C)C)NCc1nnc(C)n1C. The highest BCUT2D eigenvalue weighted by atomic mass is 16.5. The number of aryl methyl sites for hydroxylation is 2. The average molecular weight is 417 g/mol. The maximum Gasteiger partial charge on any atom is 0.191 e. The highest BCUT2D eigenvalue weighted by Gasteiger charge is 2.15. The lowest BCUT2D eigenvalue weighted by Gasteiger charge is -2.23. The molecule has 1 heterocycles. The molecule has 30 heavy (non-hydrogen) atoms. The first-order valence-electron chi connectivity index (χ1n) is 10.3. The third kappa shape index (κ3) is 7.67. The molecule has 0 aliphatic heterocycles. The first kappa shape index (κ1) is 23.7. The Morgan fingerprint density at radius 2 is 1.93 bits per heavy atom. The summed E-state index contributed by atoms with van der Waals surface area (Å²) >= 11 is 0. The van der Waals surface area contributed by atoms with Crippen LogP contribution in [-0.2, 0) is 24.9 Å². The van der Waals surface area contributed by atoms with Crippen molar-refractivity contribution in [2.24, 2.45) is 12.0 Å². The molecule has 0 atom stereocenters. The van der Waals surface area contributed by atoms with Gasteiger partial charge in [0.2, 0.25) is 0 Å². The number of nitrogens with zero attached hydrogens (tertiary/aromatic N) is 4. The van der Waals surface area contributed by atoms with E-state index in [9.17, 15) is 0 Å². The molecule has 2 rings (SSSR count). The molecule has 0 aliphatic carbocycles. The van der Waals surface area contributed by atoms with Crippen LogP contribution in [0.4, 0.5) is 0 Å². The van der Waals surface area contributed by atoms with Crippen molar-refractivity contribution in [3.8, 4) is 5.75 Å². The van der Waals surface area contributed by atoms with Gasteiger partial charge in [-0.3, -0.25) is 0 Å². The van der Waals surface area contributed by atoms with Crippen LogP contribution in [0.2, 0.25) is 0 Å². The van der Waals surface area contributed by atoms with Crippen molar-refractivity contribution in [2.75, 3.05) is 20.3 Å². The molecule has 0 radical (unpaired) electrons. The molecule has 1 aromatic carbocycles. The van der Waals surface area contributed by atoms with E-state index in [-0.39, 0.29) is 5.60 Å². The van der Waals surface area contributed by atoms with E-state index < -0.39 is 0 Å². The second kappa shape index (κ2) is 11.0. The fraction of sp³-hybridized carbons (Fsp3) is 0.591. The lowest BCUT2D eigenvalue weighted by molar-refractivity contribution is 0.129. The summed E-state index contributed by atoms with van der Waals surface area (Å²) in [5.41, 5.74) is 1.94. The molecule has 1 aromatic heterocycles. The quantitative estimate of drug-likeness (QED) is 0.371. The third-order valence-electron chi connectivity index (χ3n) is 4.46. The molecule has 8 heteroatoms. The van der Waals surface area contributed by atoms with Gasteiger partial charge in [0.05, 0.1) is 13.1 Å². The molecule has 0 bridgehead atoms. The van der Waals surface area contributed by atoms with E-state index in [1.165, 1.54) is 0 Å². The van der Waals surface area contributed by atoms with Crippen LogP contribution in [-0.4, -0.2) is 46.6 Å². The summed E-state index contributed by atoms with van der Waals surface area (Å²) in [5.74, 6) is 3.32. The minimum absolute atomic E-state index is 0.269. The summed E-state index contributed by atoms with van der Waals surface area (Å²) in [6.45, 7) is 12.6. The van der Waals surface area contributed by atoms with Gasteiger partial charge < -0.3 is 24.7 Å². The van der Waals surface area contributed by atoms with Gasteiger partial charge in [-0.15, -0.1) is 10.2 Å². The van der Waals surface area contributed by atoms with E-state index in [0.29, 0.717) is 25.7 Å². The Morgan fingerprint density at radius 1 is 1.17 bits per heavy atom. The van der Waals surface area contributed by atoms with E-state index in [1.807, 2.05) is 18.5 Å². The number of ether oxygens (including phenoxy) is 2. The molecule has 2 aromatic rings. The second-order valence-corrected chi connectivity index (χ2v) is 8.34. The smallest absolute Gasteiger partial charge is 0.191 e. The second-order valence-electron chi connectivity index (χ2n) is 8.34. The first-order chi connectivity index (χ1) is 14.2. The van der Waals surface area contributed by atoms with Gasteiger partial charge in [0.15, 0.2) is 11.8 Å². The van der Waals surface area contributed by atoms with Crippen molar-refractivity contribution in [3.63, 3.8) is 0 Å². The Hall–Kier alpha value is -2.61. The summed E-state index contributed by atoms with van der Waals surface area (Å²) < 4.78 is 13.3. The number of rotatable bonds is 9. The maximum atomic E-state index is 6.16. The van der Waals surface area contributed by atoms with Crippen molar-refractivity contribution in [1.82, 2.24) is 25.4 Å². The summed E-state index contributed by atoms with van der Waals surface area (Å²) in [6.07, 6.45) is 0.892.